The average Bonchev–Trinajstić information content (AvgIpc) is 2.47. The van der Waals surface area contributed by atoms with Gasteiger partial charge in [0.1, 0.15) is 0 Å². The van der Waals surface area contributed by atoms with E-state index in [1.165, 1.54) is 19.3 Å². The molecule has 0 radical (unpaired) electrons. The molecule has 0 aromatic heterocycles. The molecule has 19 heavy (non-hydrogen) atoms. The van der Waals surface area contributed by atoms with Gasteiger partial charge < -0.3 is 10.6 Å². The fourth-order valence-corrected chi connectivity index (χ4v) is 3.46. The van der Waals surface area contributed by atoms with E-state index in [-0.39, 0.29) is 12.4 Å². The molecular formula is C15H29ClN2O. The Kier molecular flexibility index (Phi) is 7.16. The van der Waals surface area contributed by atoms with Crippen LogP contribution in [0, 0.1) is 17.8 Å². The van der Waals surface area contributed by atoms with Crippen molar-refractivity contribution in [2.75, 3.05) is 19.6 Å². The first-order chi connectivity index (χ1) is 8.74. The fourth-order valence-electron chi connectivity index (χ4n) is 3.46. The van der Waals surface area contributed by atoms with E-state index in [1.54, 1.807) is 0 Å². The van der Waals surface area contributed by atoms with Crippen LogP contribution in [-0.4, -0.2) is 30.4 Å². The lowest BCUT2D eigenvalue weighted by Crippen LogP contribution is -2.43. The maximum absolute atomic E-state index is 12.4. The summed E-state index contributed by atoms with van der Waals surface area (Å²) in [5, 5.41) is 0. The van der Waals surface area contributed by atoms with Crippen molar-refractivity contribution in [3.63, 3.8) is 0 Å². The Balaban J connectivity index is 0.00000180. The van der Waals surface area contributed by atoms with E-state index in [1.807, 2.05) is 0 Å². The summed E-state index contributed by atoms with van der Waals surface area (Å²) in [6, 6.07) is 0. The first kappa shape index (κ1) is 16.8. The molecule has 1 heterocycles. The topological polar surface area (TPSA) is 46.3 Å². The number of halogens is 1. The molecule has 1 saturated carbocycles. The highest BCUT2D eigenvalue weighted by Gasteiger charge is 2.30. The summed E-state index contributed by atoms with van der Waals surface area (Å²) < 4.78 is 0. The van der Waals surface area contributed by atoms with Crippen molar-refractivity contribution in [3.8, 4) is 0 Å². The number of rotatable bonds is 3. The van der Waals surface area contributed by atoms with Gasteiger partial charge in [0.2, 0.25) is 5.91 Å². The summed E-state index contributed by atoms with van der Waals surface area (Å²) in [7, 11) is 0. The Bertz CT molecular complexity index is 243. The molecule has 0 aromatic carbocycles. The van der Waals surface area contributed by atoms with Crippen LogP contribution < -0.4 is 5.73 Å². The Morgan fingerprint density at radius 3 is 2.11 bits per heavy atom. The molecule has 1 aliphatic heterocycles. The van der Waals surface area contributed by atoms with Crippen molar-refractivity contribution in [1.29, 1.82) is 0 Å². The van der Waals surface area contributed by atoms with E-state index in [2.05, 4.69) is 11.8 Å². The third-order valence-electron chi connectivity index (χ3n) is 5.03. The van der Waals surface area contributed by atoms with Crippen LogP contribution in [0.15, 0.2) is 0 Å². The van der Waals surface area contributed by atoms with Gasteiger partial charge in [-0.2, -0.15) is 0 Å². The Morgan fingerprint density at radius 1 is 1.05 bits per heavy atom. The molecule has 2 fully saturated rings. The molecule has 2 N–H and O–H groups in total. The zero-order valence-corrected chi connectivity index (χ0v) is 13.0. The van der Waals surface area contributed by atoms with Crippen LogP contribution in [0.3, 0.4) is 0 Å². The summed E-state index contributed by atoms with van der Waals surface area (Å²) >= 11 is 0. The number of hydrogen-bond donors (Lipinski definition) is 1. The van der Waals surface area contributed by atoms with Gasteiger partial charge in [-0.1, -0.05) is 13.3 Å². The lowest BCUT2D eigenvalue weighted by molar-refractivity contribution is -0.138. The summed E-state index contributed by atoms with van der Waals surface area (Å²) in [4.78, 5) is 14.5. The molecule has 1 aliphatic carbocycles. The Labute approximate surface area is 123 Å². The van der Waals surface area contributed by atoms with Crippen molar-refractivity contribution >= 4 is 18.3 Å². The zero-order chi connectivity index (χ0) is 13.0. The largest absolute Gasteiger partial charge is 0.342 e. The van der Waals surface area contributed by atoms with Gasteiger partial charge in [0.25, 0.3) is 0 Å². The molecule has 2 aliphatic rings. The van der Waals surface area contributed by atoms with Gasteiger partial charge >= 0.3 is 0 Å². The van der Waals surface area contributed by atoms with E-state index in [0.717, 1.165) is 51.2 Å². The first-order valence-corrected chi connectivity index (χ1v) is 7.73. The van der Waals surface area contributed by atoms with Crippen LogP contribution in [0.5, 0.6) is 0 Å². The maximum Gasteiger partial charge on any atom is 0.225 e. The van der Waals surface area contributed by atoms with Crippen LogP contribution in [0.2, 0.25) is 0 Å². The minimum absolute atomic E-state index is 0. The number of nitrogens with zero attached hydrogens (tertiary/aromatic N) is 1. The van der Waals surface area contributed by atoms with Gasteiger partial charge in [-0.05, 0) is 56.9 Å². The molecule has 0 spiro atoms. The van der Waals surface area contributed by atoms with Crippen LogP contribution in [0.1, 0.15) is 51.9 Å². The molecule has 1 saturated heterocycles. The third kappa shape index (κ3) is 4.35. The van der Waals surface area contributed by atoms with Gasteiger partial charge in [0.15, 0.2) is 0 Å². The first-order valence-electron chi connectivity index (χ1n) is 7.73. The van der Waals surface area contributed by atoms with Crippen molar-refractivity contribution in [3.05, 3.63) is 0 Å². The quantitative estimate of drug-likeness (QED) is 0.868. The second-order valence-electron chi connectivity index (χ2n) is 6.13. The maximum atomic E-state index is 12.4. The van der Waals surface area contributed by atoms with Crippen LogP contribution in [-0.2, 0) is 4.79 Å². The molecule has 0 bridgehead atoms. The summed E-state index contributed by atoms with van der Waals surface area (Å²) in [6.07, 6.45) is 8.24. The second-order valence-corrected chi connectivity index (χ2v) is 6.13. The van der Waals surface area contributed by atoms with Crippen molar-refractivity contribution in [2.24, 2.45) is 23.5 Å². The smallest absolute Gasteiger partial charge is 0.225 e. The normalized spacial score (nSPS) is 28.8. The lowest BCUT2D eigenvalue weighted by Gasteiger charge is -2.36. The van der Waals surface area contributed by atoms with Gasteiger partial charge in [-0.3, -0.25) is 4.79 Å². The minimum atomic E-state index is 0. The highest BCUT2D eigenvalue weighted by Crippen LogP contribution is 2.32. The average molecular weight is 289 g/mol. The number of carbonyl (C=O) groups is 1. The van der Waals surface area contributed by atoms with E-state index >= 15 is 0 Å². The number of likely N-dealkylation sites (tertiary alicyclic amines) is 1. The molecule has 1 amide bonds. The van der Waals surface area contributed by atoms with Crippen molar-refractivity contribution < 1.29 is 4.79 Å². The second kappa shape index (κ2) is 8.11. The lowest BCUT2D eigenvalue weighted by atomic mass is 9.80. The SMILES string of the molecule is CCC1CCC(C(=O)N2CCC(CN)CC2)CC1.Cl. The highest BCUT2D eigenvalue weighted by molar-refractivity contribution is 5.85. The zero-order valence-electron chi connectivity index (χ0n) is 12.1. The molecule has 0 unspecified atom stereocenters. The Hall–Kier alpha value is -0.280. The molecular weight excluding hydrogens is 260 g/mol. The number of nitrogens with two attached hydrogens (primary N) is 1. The third-order valence-corrected chi connectivity index (χ3v) is 5.03. The molecule has 0 aromatic rings. The van der Waals surface area contributed by atoms with Crippen LogP contribution in [0.4, 0.5) is 0 Å². The minimum Gasteiger partial charge on any atom is -0.342 e. The number of amides is 1. The van der Waals surface area contributed by atoms with Gasteiger partial charge in [-0.15, -0.1) is 12.4 Å². The van der Waals surface area contributed by atoms with E-state index in [4.69, 9.17) is 5.73 Å². The Morgan fingerprint density at radius 2 is 1.63 bits per heavy atom. The highest BCUT2D eigenvalue weighted by atomic mass is 35.5. The van der Waals surface area contributed by atoms with Gasteiger partial charge in [-0.25, -0.2) is 0 Å². The van der Waals surface area contributed by atoms with Crippen LogP contribution in [0.25, 0.3) is 0 Å². The molecule has 4 heteroatoms. The van der Waals surface area contributed by atoms with E-state index < -0.39 is 0 Å². The molecule has 2 rings (SSSR count). The monoisotopic (exact) mass is 288 g/mol. The van der Waals surface area contributed by atoms with Crippen LogP contribution >= 0.6 is 12.4 Å². The molecule has 112 valence electrons. The molecule has 0 atom stereocenters. The van der Waals surface area contributed by atoms with Crippen molar-refractivity contribution in [1.82, 2.24) is 4.90 Å². The summed E-state index contributed by atoms with van der Waals surface area (Å²) in [5.74, 6) is 2.27. The predicted molar refractivity (Wildman–Crippen MR) is 81.3 cm³/mol. The number of hydrogen-bond acceptors (Lipinski definition) is 2. The van der Waals surface area contributed by atoms with E-state index in [0.29, 0.717) is 17.7 Å². The van der Waals surface area contributed by atoms with Crippen molar-refractivity contribution in [2.45, 2.75) is 51.9 Å². The van der Waals surface area contributed by atoms with Gasteiger partial charge in [0.05, 0.1) is 0 Å². The summed E-state index contributed by atoms with van der Waals surface area (Å²) in [6.45, 7) is 4.93. The summed E-state index contributed by atoms with van der Waals surface area (Å²) in [5.41, 5.74) is 5.69. The number of piperidine rings is 1. The van der Waals surface area contributed by atoms with E-state index in [9.17, 15) is 4.79 Å². The van der Waals surface area contributed by atoms with Gasteiger partial charge in [0, 0.05) is 19.0 Å². The number of carbonyl (C=O) groups excluding carboxylic acids is 1. The molecule has 3 nitrogen and oxygen atoms in total. The fraction of sp³-hybridized carbons (Fsp3) is 0.933. The standard InChI is InChI=1S/C15H28N2O.ClH/c1-2-12-3-5-14(6-4-12)15(18)17-9-7-13(11-16)8-10-17;/h12-14H,2-11,16H2,1H3;1H. The predicted octanol–water partition coefficient (Wildman–Crippen LogP) is 2.82.